The summed E-state index contributed by atoms with van der Waals surface area (Å²) in [5.74, 6) is 0.788. The number of nitrogen functional groups attached to an aromatic ring is 1. The first kappa shape index (κ1) is 11.0. The summed E-state index contributed by atoms with van der Waals surface area (Å²) in [5.41, 5.74) is 7.70. The van der Waals surface area contributed by atoms with Crippen LogP contribution >= 0.6 is 11.3 Å². The third kappa shape index (κ3) is 2.76. The van der Waals surface area contributed by atoms with Crippen molar-refractivity contribution in [1.29, 1.82) is 0 Å². The van der Waals surface area contributed by atoms with Gasteiger partial charge in [-0.3, -0.25) is 0 Å². The highest BCUT2D eigenvalue weighted by Crippen LogP contribution is 2.22. The maximum Gasteiger partial charge on any atom is 0.142 e. The van der Waals surface area contributed by atoms with E-state index < -0.39 is 0 Å². The van der Waals surface area contributed by atoms with E-state index in [1.807, 2.05) is 25.1 Å². The van der Waals surface area contributed by atoms with Gasteiger partial charge in [-0.15, -0.1) is 11.3 Å². The highest BCUT2D eigenvalue weighted by Gasteiger charge is 2.01. The number of thiophene rings is 1. The summed E-state index contributed by atoms with van der Waals surface area (Å²) in [4.78, 5) is 1.34. The molecule has 2 N–H and O–H groups in total. The molecule has 3 heteroatoms. The fourth-order valence-electron chi connectivity index (χ4n) is 1.48. The van der Waals surface area contributed by atoms with Crippen LogP contribution in [0.2, 0.25) is 0 Å². The molecule has 0 unspecified atom stereocenters. The summed E-state index contributed by atoms with van der Waals surface area (Å²) in [5, 5.41) is 2.08. The van der Waals surface area contributed by atoms with Crippen LogP contribution in [0, 0.1) is 6.92 Å². The van der Waals surface area contributed by atoms with Gasteiger partial charge in [-0.1, -0.05) is 12.1 Å². The second kappa shape index (κ2) is 5.03. The third-order valence-electron chi connectivity index (χ3n) is 2.36. The Kier molecular flexibility index (Phi) is 3.47. The largest absolute Gasteiger partial charge is 0.491 e. The van der Waals surface area contributed by atoms with Crippen molar-refractivity contribution in [3.63, 3.8) is 0 Å². The highest BCUT2D eigenvalue weighted by atomic mass is 32.1. The van der Waals surface area contributed by atoms with Crippen molar-refractivity contribution in [2.24, 2.45) is 0 Å². The van der Waals surface area contributed by atoms with Gasteiger partial charge < -0.3 is 10.5 Å². The molecule has 2 rings (SSSR count). The predicted octanol–water partition coefficient (Wildman–Crippen LogP) is 3.26. The van der Waals surface area contributed by atoms with Gasteiger partial charge in [0.2, 0.25) is 0 Å². The molecular formula is C13H15NOS. The van der Waals surface area contributed by atoms with E-state index in [9.17, 15) is 0 Å². The average molecular weight is 233 g/mol. The molecule has 0 amide bonds. The normalized spacial score (nSPS) is 10.3. The lowest BCUT2D eigenvalue weighted by molar-refractivity contribution is 0.324. The Hall–Kier alpha value is -1.48. The number of aryl methyl sites for hydroxylation is 1. The van der Waals surface area contributed by atoms with E-state index in [0.717, 1.165) is 12.2 Å². The standard InChI is InChI=1S/C13H15NOS/c1-10-4-5-12(14)13(9-10)15-7-6-11-3-2-8-16-11/h2-5,8-9H,6-7,14H2,1H3. The van der Waals surface area contributed by atoms with E-state index in [1.54, 1.807) is 11.3 Å². The molecule has 0 saturated carbocycles. The number of rotatable bonds is 4. The van der Waals surface area contributed by atoms with Gasteiger partial charge in [-0.25, -0.2) is 0 Å². The van der Waals surface area contributed by atoms with Gasteiger partial charge in [-0.05, 0) is 36.1 Å². The fourth-order valence-corrected chi connectivity index (χ4v) is 2.17. The molecule has 0 saturated heterocycles. The maximum absolute atomic E-state index is 5.83. The first-order valence-corrected chi connectivity index (χ1v) is 6.15. The second-order valence-electron chi connectivity index (χ2n) is 3.72. The predicted molar refractivity (Wildman–Crippen MR) is 69.1 cm³/mol. The number of ether oxygens (including phenoxy) is 1. The average Bonchev–Trinajstić information content (AvgIpc) is 2.76. The molecule has 84 valence electrons. The van der Waals surface area contributed by atoms with Crippen LogP contribution in [0.1, 0.15) is 10.4 Å². The summed E-state index contributed by atoms with van der Waals surface area (Å²) in [6.07, 6.45) is 0.936. The van der Waals surface area contributed by atoms with Crippen LogP contribution in [0.25, 0.3) is 0 Å². The van der Waals surface area contributed by atoms with Gasteiger partial charge in [0.15, 0.2) is 0 Å². The van der Waals surface area contributed by atoms with E-state index in [2.05, 4.69) is 17.5 Å². The molecule has 0 radical (unpaired) electrons. The Balaban J connectivity index is 1.92. The minimum atomic E-state index is 0.675. The van der Waals surface area contributed by atoms with Crippen molar-refractivity contribution in [3.05, 3.63) is 46.2 Å². The third-order valence-corrected chi connectivity index (χ3v) is 3.29. The Labute approximate surface area is 99.7 Å². The summed E-state index contributed by atoms with van der Waals surface area (Å²) in [7, 11) is 0. The lowest BCUT2D eigenvalue weighted by Gasteiger charge is -2.08. The van der Waals surface area contributed by atoms with E-state index in [0.29, 0.717) is 12.3 Å². The van der Waals surface area contributed by atoms with Gasteiger partial charge in [0, 0.05) is 11.3 Å². The molecule has 1 heterocycles. The zero-order valence-electron chi connectivity index (χ0n) is 9.27. The molecule has 0 atom stereocenters. The van der Waals surface area contributed by atoms with Crippen molar-refractivity contribution < 1.29 is 4.74 Å². The Bertz CT molecular complexity index is 451. The van der Waals surface area contributed by atoms with Crippen molar-refractivity contribution in [2.45, 2.75) is 13.3 Å². The number of anilines is 1. The Morgan fingerprint density at radius 1 is 1.31 bits per heavy atom. The van der Waals surface area contributed by atoms with Gasteiger partial charge in [0.25, 0.3) is 0 Å². The highest BCUT2D eigenvalue weighted by molar-refractivity contribution is 7.09. The molecule has 0 aliphatic rings. The molecular weight excluding hydrogens is 218 g/mol. The van der Waals surface area contributed by atoms with Crippen LogP contribution in [-0.4, -0.2) is 6.61 Å². The number of benzene rings is 1. The summed E-state index contributed by atoms with van der Waals surface area (Å²) in [6.45, 7) is 2.71. The molecule has 0 aliphatic heterocycles. The number of nitrogens with two attached hydrogens (primary N) is 1. The summed E-state index contributed by atoms with van der Waals surface area (Å²) >= 11 is 1.75. The van der Waals surface area contributed by atoms with E-state index in [1.165, 1.54) is 10.4 Å². The Morgan fingerprint density at radius 2 is 2.19 bits per heavy atom. The van der Waals surface area contributed by atoms with Crippen molar-refractivity contribution in [1.82, 2.24) is 0 Å². The van der Waals surface area contributed by atoms with E-state index in [4.69, 9.17) is 10.5 Å². The molecule has 0 spiro atoms. The number of hydrogen-bond donors (Lipinski definition) is 1. The van der Waals surface area contributed by atoms with Crippen LogP contribution in [0.3, 0.4) is 0 Å². The van der Waals surface area contributed by atoms with Crippen LogP contribution in [0.5, 0.6) is 5.75 Å². The van der Waals surface area contributed by atoms with Crippen LogP contribution in [0.4, 0.5) is 5.69 Å². The smallest absolute Gasteiger partial charge is 0.142 e. The fraction of sp³-hybridized carbons (Fsp3) is 0.231. The van der Waals surface area contributed by atoms with Crippen LogP contribution < -0.4 is 10.5 Å². The lowest BCUT2D eigenvalue weighted by atomic mass is 10.2. The minimum Gasteiger partial charge on any atom is -0.491 e. The molecule has 2 aromatic rings. The zero-order valence-corrected chi connectivity index (χ0v) is 10.1. The molecule has 2 nitrogen and oxygen atoms in total. The van der Waals surface area contributed by atoms with Gasteiger partial charge in [0.1, 0.15) is 5.75 Å². The van der Waals surface area contributed by atoms with Gasteiger partial charge >= 0.3 is 0 Å². The van der Waals surface area contributed by atoms with E-state index in [-0.39, 0.29) is 0 Å². The molecule has 16 heavy (non-hydrogen) atoms. The lowest BCUT2D eigenvalue weighted by Crippen LogP contribution is -2.02. The monoisotopic (exact) mass is 233 g/mol. The maximum atomic E-state index is 5.83. The van der Waals surface area contributed by atoms with Crippen LogP contribution in [0.15, 0.2) is 35.7 Å². The molecule has 0 fully saturated rings. The Morgan fingerprint density at radius 3 is 2.94 bits per heavy atom. The molecule has 1 aromatic heterocycles. The van der Waals surface area contributed by atoms with Crippen LogP contribution in [-0.2, 0) is 6.42 Å². The van der Waals surface area contributed by atoms with Crippen molar-refractivity contribution in [2.75, 3.05) is 12.3 Å². The SMILES string of the molecule is Cc1ccc(N)c(OCCc2cccs2)c1. The van der Waals surface area contributed by atoms with Gasteiger partial charge in [-0.2, -0.15) is 0 Å². The molecule has 0 aliphatic carbocycles. The van der Waals surface area contributed by atoms with Crippen molar-refractivity contribution in [3.8, 4) is 5.75 Å². The zero-order chi connectivity index (χ0) is 11.4. The summed E-state index contributed by atoms with van der Waals surface area (Å²) in [6, 6.07) is 10.0. The number of hydrogen-bond acceptors (Lipinski definition) is 3. The molecule has 0 bridgehead atoms. The van der Waals surface area contributed by atoms with E-state index >= 15 is 0 Å². The second-order valence-corrected chi connectivity index (χ2v) is 4.75. The first-order chi connectivity index (χ1) is 7.75. The quantitative estimate of drug-likeness (QED) is 0.823. The minimum absolute atomic E-state index is 0.675. The topological polar surface area (TPSA) is 35.2 Å². The molecule has 1 aromatic carbocycles. The summed E-state index contributed by atoms with van der Waals surface area (Å²) < 4.78 is 5.67. The van der Waals surface area contributed by atoms with Crippen molar-refractivity contribution >= 4 is 17.0 Å². The first-order valence-electron chi connectivity index (χ1n) is 5.27. The van der Waals surface area contributed by atoms with Gasteiger partial charge in [0.05, 0.1) is 12.3 Å².